The van der Waals surface area contributed by atoms with Crippen molar-refractivity contribution in [1.29, 1.82) is 0 Å². The summed E-state index contributed by atoms with van der Waals surface area (Å²) in [6.07, 6.45) is 7.42. The Morgan fingerprint density at radius 1 is 1.18 bits per heavy atom. The molecule has 0 atom stereocenters. The molecule has 1 amide bonds. The van der Waals surface area contributed by atoms with Gasteiger partial charge >= 0.3 is 0 Å². The van der Waals surface area contributed by atoms with Gasteiger partial charge in [0.2, 0.25) is 5.91 Å². The van der Waals surface area contributed by atoms with Gasteiger partial charge in [0.15, 0.2) is 0 Å². The van der Waals surface area contributed by atoms with Crippen LogP contribution in [0.15, 0.2) is 42.5 Å². The van der Waals surface area contributed by atoms with Crippen LogP contribution in [0.1, 0.15) is 38.7 Å². The molecule has 1 N–H and O–H groups in total. The number of allylic oxidation sites excluding steroid dienone is 1. The van der Waals surface area contributed by atoms with E-state index in [0.717, 1.165) is 25.8 Å². The molecule has 0 aliphatic rings. The zero-order chi connectivity index (χ0) is 16.4. The number of carbonyl (C=O) groups is 1. The molecule has 0 bridgehead atoms. The molecule has 0 saturated heterocycles. The van der Waals surface area contributed by atoms with Crippen LogP contribution >= 0.6 is 0 Å². The van der Waals surface area contributed by atoms with Crippen molar-refractivity contribution in [3.05, 3.63) is 48.0 Å². The Bertz CT molecular complexity index is 464. The largest absolute Gasteiger partial charge is 0.351 e. The lowest BCUT2D eigenvalue weighted by atomic mass is 9.98. The van der Waals surface area contributed by atoms with Gasteiger partial charge < -0.3 is 10.2 Å². The highest BCUT2D eigenvalue weighted by Gasteiger charge is 2.19. The van der Waals surface area contributed by atoms with Gasteiger partial charge in [-0.1, -0.05) is 42.5 Å². The van der Waals surface area contributed by atoms with Gasteiger partial charge in [-0.05, 0) is 59.3 Å². The van der Waals surface area contributed by atoms with Gasteiger partial charge in [-0.25, -0.2) is 0 Å². The summed E-state index contributed by atoms with van der Waals surface area (Å²) >= 11 is 0. The maximum Gasteiger partial charge on any atom is 0.224 e. The summed E-state index contributed by atoms with van der Waals surface area (Å²) < 4.78 is 0. The first-order chi connectivity index (χ1) is 10.4. The van der Waals surface area contributed by atoms with Crippen LogP contribution < -0.4 is 5.32 Å². The molecule has 22 heavy (non-hydrogen) atoms. The average Bonchev–Trinajstić information content (AvgIpc) is 2.43. The van der Waals surface area contributed by atoms with Crippen LogP contribution in [0.25, 0.3) is 0 Å². The number of carbonyl (C=O) groups excluding carboxylic acids is 1. The van der Waals surface area contributed by atoms with Gasteiger partial charge in [-0.15, -0.1) is 0 Å². The van der Waals surface area contributed by atoms with E-state index in [1.54, 1.807) is 0 Å². The third-order valence-corrected chi connectivity index (χ3v) is 3.55. The van der Waals surface area contributed by atoms with E-state index in [1.165, 1.54) is 5.56 Å². The van der Waals surface area contributed by atoms with E-state index in [0.29, 0.717) is 6.42 Å². The number of hydrogen-bond donors (Lipinski definition) is 1. The Hall–Kier alpha value is -1.61. The van der Waals surface area contributed by atoms with Crippen LogP contribution in [-0.2, 0) is 11.2 Å². The van der Waals surface area contributed by atoms with E-state index in [-0.39, 0.29) is 11.4 Å². The van der Waals surface area contributed by atoms with Crippen LogP contribution in [0.2, 0.25) is 0 Å². The van der Waals surface area contributed by atoms with Crippen LogP contribution in [0.5, 0.6) is 0 Å². The Morgan fingerprint density at radius 3 is 2.50 bits per heavy atom. The molecule has 0 aromatic heterocycles. The fourth-order valence-corrected chi connectivity index (χ4v) is 2.35. The van der Waals surface area contributed by atoms with Crippen molar-refractivity contribution in [2.45, 2.75) is 45.1 Å². The molecule has 0 spiro atoms. The van der Waals surface area contributed by atoms with Gasteiger partial charge in [0.05, 0.1) is 0 Å². The molecule has 0 saturated carbocycles. The summed E-state index contributed by atoms with van der Waals surface area (Å²) in [4.78, 5) is 14.2. The topological polar surface area (TPSA) is 32.3 Å². The Balaban J connectivity index is 2.26. The van der Waals surface area contributed by atoms with Crippen molar-refractivity contribution in [2.75, 3.05) is 20.6 Å². The molecule has 1 rings (SSSR count). The molecule has 0 unspecified atom stereocenters. The Kier molecular flexibility index (Phi) is 7.89. The number of nitrogens with zero attached hydrogens (tertiary/aromatic N) is 1. The zero-order valence-electron chi connectivity index (χ0n) is 14.4. The van der Waals surface area contributed by atoms with E-state index < -0.39 is 0 Å². The second-order valence-electron chi connectivity index (χ2n) is 6.70. The predicted octanol–water partition coefficient (Wildman–Crippen LogP) is 3.41. The van der Waals surface area contributed by atoms with Crippen molar-refractivity contribution in [3.8, 4) is 0 Å². The highest BCUT2D eigenvalue weighted by molar-refractivity contribution is 5.78. The standard InChI is InChI=1S/C19H30N2O/c1-19(2,15-10-16-21(3)4)20-18(22)14-9-8-13-17-11-6-5-7-12-17/h5-9,11-12H,10,13-16H2,1-4H3,(H,20,22)/b9-8+. The SMILES string of the molecule is CN(C)CCCC(C)(C)NC(=O)C/C=C/Cc1ccccc1. The lowest BCUT2D eigenvalue weighted by molar-refractivity contribution is -0.121. The first-order valence-corrected chi connectivity index (χ1v) is 8.04. The number of rotatable bonds is 9. The van der Waals surface area contributed by atoms with Crippen molar-refractivity contribution in [3.63, 3.8) is 0 Å². The molecule has 3 heteroatoms. The summed E-state index contributed by atoms with van der Waals surface area (Å²) in [6.45, 7) is 5.23. The van der Waals surface area contributed by atoms with Crippen molar-refractivity contribution in [1.82, 2.24) is 10.2 Å². The quantitative estimate of drug-likeness (QED) is 0.709. The summed E-state index contributed by atoms with van der Waals surface area (Å²) in [6, 6.07) is 10.3. The molecular weight excluding hydrogens is 272 g/mol. The van der Waals surface area contributed by atoms with Crippen LogP contribution in [0.3, 0.4) is 0 Å². The molecule has 0 heterocycles. The molecule has 3 nitrogen and oxygen atoms in total. The zero-order valence-corrected chi connectivity index (χ0v) is 14.4. The summed E-state index contributed by atoms with van der Waals surface area (Å²) in [5.74, 6) is 0.0964. The van der Waals surface area contributed by atoms with Crippen LogP contribution in [-0.4, -0.2) is 37.0 Å². The highest BCUT2D eigenvalue weighted by Crippen LogP contribution is 2.11. The van der Waals surface area contributed by atoms with Gasteiger partial charge in [0.25, 0.3) is 0 Å². The lowest BCUT2D eigenvalue weighted by Crippen LogP contribution is -2.43. The fraction of sp³-hybridized carbons (Fsp3) is 0.526. The Labute approximate surface area is 135 Å². The van der Waals surface area contributed by atoms with E-state index in [1.807, 2.05) is 24.3 Å². The number of benzene rings is 1. The summed E-state index contributed by atoms with van der Waals surface area (Å²) in [7, 11) is 4.15. The maximum atomic E-state index is 12.0. The molecule has 0 aliphatic carbocycles. The minimum atomic E-state index is -0.139. The molecule has 0 radical (unpaired) electrons. The van der Waals surface area contributed by atoms with E-state index in [9.17, 15) is 4.79 Å². The molecule has 1 aromatic carbocycles. The minimum absolute atomic E-state index is 0.0964. The minimum Gasteiger partial charge on any atom is -0.351 e. The molecule has 0 fully saturated rings. The smallest absolute Gasteiger partial charge is 0.224 e. The van der Waals surface area contributed by atoms with Gasteiger partial charge in [-0.3, -0.25) is 4.79 Å². The molecule has 122 valence electrons. The van der Waals surface area contributed by atoms with Crippen molar-refractivity contribution >= 4 is 5.91 Å². The van der Waals surface area contributed by atoms with Gasteiger partial charge in [0.1, 0.15) is 0 Å². The third-order valence-electron chi connectivity index (χ3n) is 3.55. The molecular formula is C19H30N2O. The number of amides is 1. The van der Waals surface area contributed by atoms with E-state index in [4.69, 9.17) is 0 Å². The summed E-state index contributed by atoms with van der Waals surface area (Å²) in [5, 5.41) is 3.12. The third kappa shape index (κ3) is 8.63. The van der Waals surface area contributed by atoms with Gasteiger partial charge in [-0.2, -0.15) is 0 Å². The fourth-order valence-electron chi connectivity index (χ4n) is 2.35. The molecule has 1 aromatic rings. The Morgan fingerprint density at radius 2 is 1.86 bits per heavy atom. The summed E-state index contributed by atoms with van der Waals surface area (Å²) in [5.41, 5.74) is 1.13. The number of nitrogens with one attached hydrogen (secondary N) is 1. The highest BCUT2D eigenvalue weighted by atomic mass is 16.1. The number of hydrogen-bond acceptors (Lipinski definition) is 2. The first kappa shape index (κ1) is 18.4. The van der Waals surface area contributed by atoms with Crippen LogP contribution in [0.4, 0.5) is 0 Å². The predicted molar refractivity (Wildman–Crippen MR) is 93.9 cm³/mol. The second kappa shape index (κ2) is 9.42. The first-order valence-electron chi connectivity index (χ1n) is 8.04. The monoisotopic (exact) mass is 302 g/mol. The van der Waals surface area contributed by atoms with Crippen molar-refractivity contribution in [2.24, 2.45) is 0 Å². The van der Waals surface area contributed by atoms with Crippen LogP contribution in [0, 0.1) is 0 Å². The van der Waals surface area contributed by atoms with E-state index in [2.05, 4.69) is 56.4 Å². The van der Waals surface area contributed by atoms with E-state index >= 15 is 0 Å². The molecule has 0 aliphatic heterocycles. The second-order valence-corrected chi connectivity index (χ2v) is 6.70. The average molecular weight is 302 g/mol. The van der Waals surface area contributed by atoms with Gasteiger partial charge in [0, 0.05) is 12.0 Å². The normalized spacial score (nSPS) is 12.0. The van der Waals surface area contributed by atoms with Crippen molar-refractivity contribution < 1.29 is 4.79 Å². The lowest BCUT2D eigenvalue weighted by Gasteiger charge is -2.26. The maximum absolute atomic E-state index is 12.0.